The van der Waals surface area contributed by atoms with Gasteiger partial charge in [-0.25, -0.2) is 4.79 Å². The number of hydrogen-bond acceptors (Lipinski definition) is 4. The highest BCUT2D eigenvalue weighted by Gasteiger charge is 2.57. The molecule has 0 bridgehead atoms. The van der Waals surface area contributed by atoms with Crippen LogP contribution in [0.25, 0.3) is 0 Å². The van der Waals surface area contributed by atoms with Crippen LogP contribution in [0.1, 0.15) is 43.4 Å². The molecule has 2 aromatic carbocycles. The first-order valence-corrected chi connectivity index (χ1v) is 12.1. The number of rotatable bonds is 7. The molecule has 2 aliphatic heterocycles. The minimum Gasteiger partial charge on any atom is -0.324 e. The van der Waals surface area contributed by atoms with E-state index < -0.39 is 5.54 Å². The minimum absolute atomic E-state index is 0. The molecule has 0 radical (unpaired) electrons. The highest BCUT2D eigenvalue weighted by Crippen LogP contribution is 2.38. The molecule has 0 saturated carbocycles. The van der Waals surface area contributed by atoms with Crippen LogP contribution in [-0.2, 0) is 11.3 Å². The van der Waals surface area contributed by atoms with Crippen molar-refractivity contribution in [2.24, 2.45) is 5.73 Å². The summed E-state index contributed by atoms with van der Waals surface area (Å²) in [5.74, 6) is -0.0482. The monoisotopic (exact) mass is 534 g/mol. The Labute approximate surface area is 210 Å². The topological polar surface area (TPSA) is 69.9 Å². The molecule has 0 aromatic heterocycles. The Kier molecular flexibility index (Phi) is 8.56. The van der Waals surface area contributed by atoms with E-state index in [1.807, 2.05) is 49.4 Å². The zero-order valence-corrected chi connectivity index (χ0v) is 21.4. The van der Waals surface area contributed by atoms with E-state index in [1.54, 1.807) is 4.90 Å². The third kappa shape index (κ3) is 5.27. The van der Waals surface area contributed by atoms with Crippen LogP contribution in [0.3, 0.4) is 0 Å². The number of piperidine rings is 1. The molecule has 1 atom stereocenters. The van der Waals surface area contributed by atoms with Gasteiger partial charge in [-0.2, -0.15) is 0 Å². The summed E-state index contributed by atoms with van der Waals surface area (Å²) >= 11 is 3.43. The Hall–Kier alpha value is -1.93. The van der Waals surface area contributed by atoms with Gasteiger partial charge in [0.25, 0.3) is 5.91 Å². The second-order valence-electron chi connectivity index (χ2n) is 8.72. The highest BCUT2D eigenvalue weighted by molar-refractivity contribution is 9.10. The van der Waals surface area contributed by atoms with E-state index in [-0.39, 0.29) is 30.4 Å². The van der Waals surface area contributed by atoms with Crippen LogP contribution in [0.4, 0.5) is 4.79 Å². The van der Waals surface area contributed by atoms with Crippen molar-refractivity contribution in [1.82, 2.24) is 14.7 Å². The molecule has 2 aliphatic rings. The quantitative estimate of drug-likeness (QED) is 0.527. The number of carbonyl (C=O) groups is 2. The summed E-state index contributed by atoms with van der Waals surface area (Å²) in [6.07, 6.45) is 2.21. The number of nitrogens with zero attached hydrogens (tertiary/aromatic N) is 3. The number of imide groups is 1. The van der Waals surface area contributed by atoms with E-state index in [4.69, 9.17) is 5.73 Å². The van der Waals surface area contributed by atoms with Gasteiger partial charge in [0.05, 0.1) is 6.54 Å². The molecule has 0 unspecified atom stereocenters. The maximum absolute atomic E-state index is 13.5. The van der Waals surface area contributed by atoms with Gasteiger partial charge in [0.1, 0.15) is 5.54 Å². The molecule has 2 heterocycles. The number of urea groups is 1. The molecule has 2 fully saturated rings. The summed E-state index contributed by atoms with van der Waals surface area (Å²) in [5, 5.41) is 0. The molecule has 2 saturated heterocycles. The van der Waals surface area contributed by atoms with Gasteiger partial charge >= 0.3 is 6.03 Å². The number of halogens is 2. The second kappa shape index (κ2) is 11.0. The van der Waals surface area contributed by atoms with E-state index >= 15 is 0 Å². The molecule has 6 nitrogen and oxygen atoms in total. The highest BCUT2D eigenvalue weighted by atomic mass is 79.9. The summed E-state index contributed by atoms with van der Waals surface area (Å²) < 4.78 is 0.978. The third-order valence-corrected chi connectivity index (χ3v) is 7.39. The first kappa shape index (κ1) is 25.7. The SMILES string of the molecule is CCN1C(=O)N(Cc2ccc(Br)cc2)C(=O)C12CCN(CC[C@H](N)c1ccccc1)CC2.Cl. The first-order valence-electron chi connectivity index (χ1n) is 11.4. The molecular weight excluding hydrogens is 504 g/mol. The number of likely N-dealkylation sites (N-methyl/N-ethyl adjacent to an activating group) is 1. The zero-order valence-electron chi connectivity index (χ0n) is 19.0. The second-order valence-corrected chi connectivity index (χ2v) is 9.64. The van der Waals surface area contributed by atoms with E-state index in [9.17, 15) is 9.59 Å². The van der Waals surface area contributed by atoms with Gasteiger partial charge in [-0.1, -0.05) is 58.4 Å². The molecule has 2 aromatic rings. The molecule has 178 valence electrons. The Balaban J connectivity index is 0.00000306. The van der Waals surface area contributed by atoms with Gasteiger partial charge in [0, 0.05) is 30.1 Å². The molecule has 33 heavy (non-hydrogen) atoms. The molecule has 4 rings (SSSR count). The number of hydrogen-bond donors (Lipinski definition) is 1. The average molecular weight is 536 g/mol. The molecule has 0 aliphatic carbocycles. The van der Waals surface area contributed by atoms with Crippen LogP contribution >= 0.6 is 28.3 Å². The number of carbonyl (C=O) groups excluding carboxylic acids is 2. The van der Waals surface area contributed by atoms with Crippen molar-refractivity contribution >= 4 is 40.3 Å². The van der Waals surface area contributed by atoms with Crippen molar-refractivity contribution < 1.29 is 9.59 Å². The molecule has 3 amide bonds. The number of nitrogens with two attached hydrogens (primary N) is 1. The fourth-order valence-corrected chi connectivity index (χ4v) is 5.22. The smallest absolute Gasteiger partial charge is 0.324 e. The summed E-state index contributed by atoms with van der Waals surface area (Å²) in [5.41, 5.74) is 7.77. The predicted octanol–water partition coefficient (Wildman–Crippen LogP) is 4.58. The third-order valence-electron chi connectivity index (χ3n) is 6.86. The van der Waals surface area contributed by atoms with Gasteiger partial charge in [-0.15, -0.1) is 12.4 Å². The molecule has 1 spiro atoms. The van der Waals surface area contributed by atoms with E-state index in [0.29, 0.717) is 25.9 Å². The Morgan fingerprint density at radius 1 is 1.03 bits per heavy atom. The van der Waals surface area contributed by atoms with Gasteiger partial charge in [0.2, 0.25) is 0 Å². The Morgan fingerprint density at radius 3 is 2.27 bits per heavy atom. The first-order chi connectivity index (χ1) is 15.4. The summed E-state index contributed by atoms with van der Waals surface area (Å²) in [6, 6.07) is 17.8. The summed E-state index contributed by atoms with van der Waals surface area (Å²) in [6.45, 7) is 5.30. The normalized spacial score (nSPS) is 19.1. The van der Waals surface area contributed by atoms with Gasteiger partial charge in [-0.3, -0.25) is 9.69 Å². The predicted molar refractivity (Wildman–Crippen MR) is 136 cm³/mol. The van der Waals surface area contributed by atoms with E-state index in [2.05, 4.69) is 33.0 Å². The van der Waals surface area contributed by atoms with Crippen LogP contribution in [0.5, 0.6) is 0 Å². The van der Waals surface area contributed by atoms with Gasteiger partial charge in [-0.05, 0) is 56.0 Å². The minimum atomic E-state index is -0.709. The maximum Gasteiger partial charge on any atom is 0.327 e. The summed E-state index contributed by atoms with van der Waals surface area (Å²) in [7, 11) is 0. The average Bonchev–Trinajstić information content (AvgIpc) is 3.01. The molecule has 2 N–H and O–H groups in total. The largest absolute Gasteiger partial charge is 0.327 e. The van der Waals surface area contributed by atoms with Gasteiger partial charge in [0.15, 0.2) is 0 Å². The number of amides is 3. The summed E-state index contributed by atoms with van der Waals surface area (Å²) in [4.78, 5) is 32.2. The lowest BCUT2D eigenvalue weighted by molar-refractivity contribution is -0.136. The van der Waals surface area contributed by atoms with E-state index in [1.165, 1.54) is 4.90 Å². The lowest BCUT2D eigenvalue weighted by Crippen LogP contribution is -2.56. The van der Waals surface area contributed by atoms with Crippen molar-refractivity contribution in [2.45, 2.75) is 44.3 Å². The standard InChI is InChI=1S/C25H31BrN4O2.ClH/c1-2-30-24(32)29(18-19-8-10-21(26)11-9-19)23(31)25(30)13-16-28(17-14-25)15-12-22(27)20-6-4-3-5-7-20;/h3-11,22H,2,12-18,27H2,1H3;1H/t22-;/m0./s1. The van der Waals surface area contributed by atoms with Crippen molar-refractivity contribution in [3.05, 3.63) is 70.2 Å². The van der Waals surface area contributed by atoms with Crippen LogP contribution in [-0.4, -0.2) is 58.4 Å². The van der Waals surface area contributed by atoms with Crippen molar-refractivity contribution in [1.29, 1.82) is 0 Å². The van der Waals surface area contributed by atoms with Crippen LogP contribution in [0.15, 0.2) is 59.1 Å². The van der Waals surface area contributed by atoms with Crippen molar-refractivity contribution in [3.8, 4) is 0 Å². The molecular formula is C25H32BrClN4O2. The van der Waals surface area contributed by atoms with Crippen LogP contribution in [0, 0.1) is 0 Å². The van der Waals surface area contributed by atoms with Crippen molar-refractivity contribution in [3.63, 3.8) is 0 Å². The van der Waals surface area contributed by atoms with Crippen LogP contribution in [0.2, 0.25) is 0 Å². The Bertz CT molecular complexity index is 949. The van der Waals surface area contributed by atoms with Gasteiger partial charge < -0.3 is 15.5 Å². The lowest BCUT2D eigenvalue weighted by Gasteiger charge is -2.42. The lowest BCUT2D eigenvalue weighted by atomic mass is 9.85. The Morgan fingerprint density at radius 2 is 1.67 bits per heavy atom. The fourth-order valence-electron chi connectivity index (χ4n) is 4.95. The number of likely N-dealkylation sites (tertiary alicyclic amines) is 1. The van der Waals surface area contributed by atoms with E-state index in [0.717, 1.165) is 41.7 Å². The fraction of sp³-hybridized carbons (Fsp3) is 0.440. The number of benzene rings is 2. The maximum atomic E-state index is 13.5. The van der Waals surface area contributed by atoms with Crippen LogP contribution < -0.4 is 5.73 Å². The molecule has 8 heteroatoms. The van der Waals surface area contributed by atoms with Crippen molar-refractivity contribution in [2.75, 3.05) is 26.2 Å². The zero-order chi connectivity index (χ0) is 22.7.